The van der Waals surface area contributed by atoms with Crippen molar-refractivity contribution in [3.05, 3.63) is 39.2 Å². The van der Waals surface area contributed by atoms with Crippen molar-refractivity contribution in [3.63, 3.8) is 0 Å². The van der Waals surface area contributed by atoms with Crippen LogP contribution in [0.4, 0.5) is 10.1 Å². The van der Waals surface area contributed by atoms with Crippen LogP contribution in [-0.2, 0) is 10.0 Å². The minimum Gasteiger partial charge on any atom is -0.476 e. The Labute approximate surface area is 132 Å². The number of anilines is 1. The molecule has 0 aliphatic carbocycles. The van der Waals surface area contributed by atoms with Crippen LogP contribution in [0.25, 0.3) is 0 Å². The number of hydrogen-bond acceptors (Lipinski definition) is 5. The van der Waals surface area contributed by atoms with E-state index in [0.717, 1.165) is 17.6 Å². The molecule has 0 bridgehead atoms. The second-order valence-corrected chi connectivity index (χ2v) is 7.20. The van der Waals surface area contributed by atoms with E-state index in [1.165, 1.54) is 0 Å². The molecule has 0 unspecified atom stereocenters. The number of rotatable bonds is 4. The highest BCUT2D eigenvalue weighted by atomic mass is 35.5. The first kappa shape index (κ1) is 16.0. The summed E-state index contributed by atoms with van der Waals surface area (Å²) >= 11 is 11.7. The number of carboxylic acids is 1. The standard InChI is InChI=1S/C10H5Cl2FN2O4S2/c11-5-1-4(2-6(12)7(5)13)15-21(18,19)10-8(9(16)17)14-3-20-10/h1-3,15H,(H,16,17). The lowest BCUT2D eigenvalue weighted by Crippen LogP contribution is -2.15. The maximum absolute atomic E-state index is 13.3. The SMILES string of the molecule is O=C(O)c1ncsc1S(=O)(=O)Nc1cc(Cl)c(F)c(Cl)c1. The lowest BCUT2D eigenvalue weighted by molar-refractivity contribution is 0.0687. The molecule has 0 aliphatic rings. The minimum absolute atomic E-state index is 0.101. The van der Waals surface area contributed by atoms with E-state index < -0.39 is 31.7 Å². The number of nitrogens with zero attached hydrogens (tertiary/aromatic N) is 1. The summed E-state index contributed by atoms with van der Waals surface area (Å²) in [5, 5.41) is 8.12. The molecule has 0 spiro atoms. The highest BCUT2D eigenvalue weighted by Crippen LogP contribution is 2.29. The van der Waals surface area contributed by atoms with Gasteiger partial charge in [-0.2, -0.15) is 0 Å². The van der Waals surface area contributed by atoms with Gasteiger partial charge in [0.05, 0.1) is 21.2 Å². The lowest BCUT2D eigenvalue weighted by atomic mass is 10.3. The van der Waals surface area contributed by atoms with Crippen LogP contribution >= 0.6 is 34.5 Å². The van der Waals surface area contributed by atoms with E-state index in [4.69, 9.17) is 28.3 Å². The zero-order valence-electron chi connectivity index (χ0n) is 9.80. The van der Waals surface area contributed by atoms with Gasteiger partial charge < -0.3 is 5.11 Å². The van der Waals surface area contributed by atoms with Crippen molar-refractivity contribution >= 4 is 56.2 Å². The Morgan fingerprint density at radius 1 is 1.33 bits per heavy atom. The van der Waals surface area contributed by atoms with Crippen molar-refractivity contribution in [1.82, 2.24) is 4.98 Å². The number of benzene rings is 1. The molecule has 2 N–H and O–H groups in total. The number of halogens is 3. The summed E-state index contributed by atoms with van der Waals surface area (Å²) in [7, 11) is -4.21. The van der Waals surface area contributed by atoms with E-state index in [1.807, 2.05) is 0 Å². The van der Waals surface area contributed by atoms with Crippen LogP contribution in [0.5, 0.6) is 0 Å². The highest BCUT2D eigenvalue weighted by molar-refractivity contribution is 7.94. The largest absolute Gasteiger partial charge is 0.476 e. The minimum atomic E-state index is -4.21. The predicted molar refractivity (Wildman–Crippen MR) is 76.3 cm³/mol. The van der Waals surface area contributed by atoms with E-state index in [2.05, 4.69) is 9.71 Å². The fourth-order valence-electron chi connectivity index (χ4n) is 1.38. The molecule has 0 amide bonds. The second kappa shape index (κ2) is 5.76. The number of thiazole rings is 1. The van der Waals surface area contributed by atoms with E-state index in [9.17, 15) is 17.6 Å². The summed E-state index contributed by atoms with van der Waals surface area (Å²) < 4.78 is 39.1. The average molecular weight is 371 g/mol. The van der Waals surface area contributed by atoms with E-state index in [1.54, 1.807) is 0 Å². The second-order valence-electron chi connectivity index (χ2n) is 3.65. The quantitative estimate of drug-likeness (QED) is 0.806. The van der Waals surface area contributed by atoms with Crippen molar-refractivity contribution < 1.29 is 22.7 Å². The number of carbonyl (C=O) groups is 1. The third kappa shape index (κ3) is 3.26. The summed E-state index contributed by atoms with van der Waals surface area (Å²) in [5.41, 5.74) is 0.380. The highest BCUT2D eigenvalue weighted by Gasteiger charge is 2.26. The number of aromatic nitrogens is 1. The van der Waals surface area contributed by atoms with Gasteiger partial charge in [0.15, 0.2) is 15.7 Å². The van der Waals surface area contributed by atoms with Gasteiger partial charge in [-0.15, -0.1) is 11.3 Å². The summed E-state index contributed by atoms with van der Waals surface area (Å²) in [5.74, 6) is -2.36. The van der Waals surface area contributed by atoms with Gasteiger partial charge in [0.25, 0.3) is 10.0 Å². The molecule has 0 atom stereocenters. The van der Waals surface area contributed by atoms with E-state index >= 15 is 0 Å². The predicted octanol–water partition coefficient (Wildman–Crippen LogP) is 3.09. The summed E-state index contributed by atoms with van der Waals surface area (Å²) in [6.45, 7) is 0. The molecule has 0 aliphatic heterocycles. The first-order chi connectivity index (χ1) is 9.72. The van der Waals surface area contributed by atoms with Gasteiger partial charge in [-0.25, -0.2) is 22.6 Å². The zero-order valence-corrected chi connectivity index (χ0v) is 12.9. The number of carboxylic acid groups (broad SMARTS) is 1. The Morgan fingerprint density at radius 3 is 2.43 bits per heavy atom. The topological polar surface area (TPSA) is 96.4 Å². The molecule has 0 saturated carbocycles. The van der Waals surface area contributed by atoms with Crippen molar-refractivity contribution in [2.24, 2.45) is 0 Å². The van der Waals surface area contributed by atoms with Crippen LogP contribution in [0.15, 0.2) is 21.9 Å². The molecule has 2 aromatic rings. The van der Waals surface area contributed by atoms with Gasteiger partial charge in [-0.05, 0) is 12.1 Å². The Morgan fingerprint density at radius 2 is 1.90 bits per heavy atom. The average Bonchev–Trinajstić information content (AvgIpc) is 2.85. The molecular weight excluding hydrogens is 366 g/mol. The summed E-state index contributed by atoms with van der Waals surface area (Å²) in [4.78, 5) is 14.4. The normalized spacial score (nSPS) is 11.4. The molecule has 1 heterocycles. The van der Waals surface area contributed by atoms with Crippen LogP contribution in [0, 0.1) is 5.82 Å². The first-order valence-corrected chi connectivity index (χ1v) is 8.18. The van der Waals surface area contributed by atoms with Gasteiger partial charge in [-0.1, -0.05) is 23.2 Å². The Bertz CT molecular complexity index is 799. The van der Waals surface area contributed by atoms with Crippen molar-refractivity contribution in [3.8, 4) is 0 Å². The van der Waals surface area contributed by atoms with Crippen LogP contribution < -0.4 is 4.72 Å². The maximum atomic E-state index is 13.3. The molecule has 0 saturated heterocycles. The van der Waals surface area contributed by atoms with E-state index in [0.29, 0.717) is 11.3 Å². The molecule has 6 nitrogen and oxygen atoms in total. The summed E-state index contributed by atoms with van der Waals surface area (Å²) in [6.07, 6.45) is 0. The van der Waals surface area contributed by atoms with Crippen LogP contribution in [0.1, 0.15) is 10.5 Å². The van der Waals surface area contributed by atoms with Gasteiger partial charge in [0.1, 0.15) is 0 Å². The molecular formula is C10H5Cl2FN2O4S2. The number of sulfonamides is 1. The van der Waals surface area contributed by atoms with E-state index in [-0.39, 0.29) is 15.7 Å². The van der Waals surface area contributed by atoms with Crippen LogP contribution in [-0.4, -0.2) is 24.5 Å². The molecule has 1 aromatic carbocycles. The van der Waals surface area contributed by atoms with Gasteiger partial charge in [0, 0.05) is 0 Å². The van der Waals surface area contributed by atoms with Crippen molar-refractivity contribution in [2.45, 2.75) is 4.21 Å². The molecule has 21 heavy (non-hydrogen) atoms. The van der Waals surface area contributed by atoms with Gasteiger partial charge in [0.2, 0.25) is 0 Å². The zero-order chi connectivity index (χ0) is 15.8. The first-order valence-electron chi connectivity index (χ1n) is 5.06. The maximum Gasteiger partial charge on any atom is 0.356 e. The van der Waals surface area contributed by atoms with Crippen molar-refractivity contribution in [2.75, 3.05) is 4.72 Å². The number of nitrogens with one attached hydrogen (secondary N) is 1. The fourth-order valence-corrected chi connectivity index (χ4v) is 4.05. The molecule has 112 valence electrons. The summed E-state index contributed by atoms with van der Waals surface area (Å²) in [6, 6.07) is 2.03. The molecule has 1 aromatic heterocycles. The fraction of sp³-hybridized carbons (Fsp3) is 0. The lowest BCUT2D eigenvalue weighted by Gasteiger charge is -2.08. The van der Waals surface area contributed by atoms with Crippen LogP contribution in [0.3, 0.4) is 0 Å². The molecule has 0 radical (unpaired) electrons. The van der Waals surface area contributed by atoms with Crippen molar-refractivity contribution in [1.29, 1.82) is 0 Å². The smallest absolute Gasteiger partial charge is 0.356 e. The number of aromatic carboxylic acids is 1. The molecule has 11 heteroatoms. The molecule has 2 rings (SSSR count). The van der Waals surface area contributed by atoms with Gasteiger partial charge >= 0.3 is 5.97 Å². The third-order valence-electron chi connectivity index (χ3n) is 2.22. The monoisotopic (exact) mass is 370 g/mol. The van der Waals surface area contributed by atoms with Gasteiger partial charge in [-0.3, -0.25) is 4.72 Å². The molecule has 0 fully saturated rings. The Kier molecular flexibility index (Phi) is 4.38. The Hall–Kier alpha value is -1.42. The number of hydrogen-bond donors (Lipinski definition) is 2. The third-order valence-corrected chi connectivity index (χ3v) is 5.52. The Balaban J connectivity index is 2.43. The van der Waals surface area contributed by atoms with Crippen LogP contribution in [0.2, 0.25) is 10.0 Å².